The monoisotopic (exact) mass is 338 g/mol. The van der Waals surface area contributed by atoms with Crippen LogP contribution in [0.15, 0.2) is 41.0 Å². The minimum Gasteiger partial charge on any atom is -0.487 e. The van der Waals surface area contributed by atoms with Crippen molar-refractivity contribution in [1.82, 2.24) is 4.98 Å². The average molecular weight is 339 g/mol. The number of pyridine rings is 1. The van der Waals surface area contributed by atoms with E-state index in [1.54, 1.807) is 18.3 Å². The summed E-state index contributed by atoms with van der Waals surface area (Å²) in [5.74, 6) is 0.398. The van der Waals surface area contributed by atoms with Crippen LogP contribution >= 0.6 is 15.9 Å². The van der Waals surface area contributed by atoms with Crippen LogP contribution in [0.25, 0.3) is 0 Å². The molecule has 0 amide bonds. The maximum Gasteiger partial charge on any atom is 0.138 e. The van der Waals surface area contributed by atoms with Gasteiger partial charge < -0.3 is 10.5 Å². The predicted octanol–water partition coefficient (Wildman–Crippen LogP) is 3.45. The molecular weight excluding hydrogens is 323 g/mol. The maximum atomic E-state index is 13.1. The maximum absolute atomic E-state index is 13.1. The topological polar surface area (TPSA) is 48.1 Å². The van der Waals surface area contributed by atoms with E-state index in [1.165, 1.54) is 6.07 Å². The van der Waals surface area contributed by atoms with E-state index >= 15 is 0 Å². The molecule has 1 heterocycles. The van der Waals surface area contributed by atoms with Crippen LogP contribution in [-0.2, 0) is 13.0 Å². The van der Waals surface area contributed by atoms with E-state index in [-0.39, 0.29) is 11.9 Å². The van der Waals surface area contributed by atoms with Crippen molar-refractivity contribution in [2.24, 2.45) is 5.73 Å². The fraction of sp³-hybridized carbons (Fsp3) is 0.267. The molecule has 3 nitrogen and oxygen atoms in total. The Labute approximate surface area is 126 Å². The van der Waals surface area contributed by atoms with Crippen LogP contribution in [-0.4, -0.2) is 11.0 Å². The summed E-state index contributed by atoms with van der Waals surface area (Å²) in [5.41, 5.74) is 7.55. The van der Waals surface area contributed by atoms with E-state index in [4.69, 9.17) is 10.5 Å². The van der Waals surface area contributed by atoms with Crippen LogP contribution in [0, 0.1) is 5.82 Å². The molecule has 0 saturated heterocycles. The van der Waals surface area contributed by atoms with Crippen LogP contribution in [0.1, 0.15) is 18.2 Å². The fourth-order valence-corrected chi connectivity index (χ4v) is 2.17. The van der Waals surface area contributed by atoms with Crippen molar-refractivity contribution >= 4 is 15.9 Å². The summed E-state index contributed by atoms with van der Waals surface area (Å²) in [7, 11) is 0. The normalized spacial score (nSPS) is 12.2. The summed E-state index contributed by atoms with van der Waals surface area (Å²) in [4.78, 5) is 4.29. The van der Waals surface area contributed by atoms with Gasteiger partial charge in [0.05, 0.1) is 10.7 Å². The lowest BCUT2D eigenvalue weighted by atomic mass is 10.2. The first-order valence-corrected chi connectivity index (χ1v) is 7.11. The Bertz CT molecular complexity index is 573. The molecule has 0 fully saturated rings. The zero-order chi connectivity index (χ0) is 14.5. The van der Waals surface area contributed by atoms with Crippen LogP contribution < -0.4 is 10.5 Å². The molecule has 2 N–H and O–H groups in total. The largest absolute Gasteiger partial charge is 0.487 e. The van der Waals surface area contributed by atoms with Crippen molar-refractivity contribution in [1.29, 1.82) is 0 Å². The Morgan fingerprint density at radius 2 is 2.15 bits per heavy atom. The number of hydrogen-bond donors (Lipinski definition) is 1. The zero-order valence-corrected chi connectivity index (χ0v) is 12.7. The van der Waals surface area contributed by atoms with Crippen molar-refractivity contribution in [3.8, 4) is 5.75 Å². The molecule has 0 bridgehead atoms. The lowest BCUT2D eigenvalue weighted by Crippen LogP contribution is -2.18. The molecule has 1 aromatic heterocycles. The third kappa shape index (κ3) is 4.28. The number of ether oxygens (including phenoxy) is 1. The third-order valence-electron chi connectivity index (χ3n) is 2.72. The lowest BCUT2D eigenvalue weighted by molar-refractivity contribution is 0.304. The van der Waals surface area contributed by atoms with Crippen LogP contribution in [0.2, 0.25) is 0 Å². The summed E-state index contributed by atoms with van der Waals surface area (Å²) in [6, 6.07) is 8.66. The van der Waals surface area contributed by atoms with Crippen molar-refractivity contribution in [3.05, 3.63) is 58.1 Å². The smallest absolute Gasteiger partial charge is 0.138 e. The Hall–Kier alpha value is -1.46. The number of nitrogens with two attached hydrogens (primary N) is 1. The highest BCUT2D eigenvalue weighted by Gasteiger charge is 2.03. The lowest BCUT2D eigenvalue weighted by Gasteiger charge is -2.08. The second-order valence-corrected chi connectivity index (χ2v) is 5.56. The molecular formula is C15H16BrFN2O. The highest BCUT2D eigenvalue weighted by Crippen LogP contribution is 2.18. The van der Waals surface area contributed by atoms with E-state index in [2.05, 4.69) is 20.9 Å². The second-order valence-electron chi connectivity index (χ2n) is 4.70. The van der Waals surface area contributed by atoms with Crippen molar-refractivity contribution in [3.63, 3.8) is 0 Å². The van der Waals surface area contributed by atoms with Gasteiger partial charge in [-0.2, -0.15) is 0 Å². The molecule has 1 unspecified atom stereocenters. The van der Waals surface area contributed by atoms with Gasteiger partial charge in [-0.1, -0.05) is 6.07 Å². The number of halogens is 2. The van der Waals surface area contributed by atoms with Crippen molar-refractivity contribution in [2.45, 2.75) is 26.0 Å². The Kier molecular flexibility index (Phi) is 5.09. The summed E-state index contributed by atoms with van der Waals surface area (Å²) in [6.45, 7) is 2.31. The molecule has 0 radical (unpaired) electrons. The van der Waals surface area contributed by atoms with Gasteiger partial charge in [0.15, 0.2) is 0 Å². The van der Waals surface area contributed by atoms with Gasteiger partial charge in [0, 0.05) is 18.2 Å². The van der Waals surface area contributed by atoms with Gasteiger partial charge in [0.1, 0.15) is 18.2 Å². The summed E-state index contributed by atoms with van der Waals surface area (Å²) in [5, 5.41) is 0. The van der Waals surface area contributed by atoms with Gasteiger partial charge in [0.2, 0.25) is 0 Å². The average Bonchev–Trinajstić information content (AvgIpc) is 2.41. The van der Waals surface area contributed by atoms with Gasteiger partial charge in [0.25, 0.3) is 0 Å². The number of rotatable bonds is 5. The van der Waals surface area contributed by atoms with Gasteiger partial charge in [-0.3, -0.25) is 4.98 Å². The summed E-state index contributed by atoms with van der Waals surface area (Å²) >= 11 is 3.15. The molecule has 2 rings (SSSR count). The minimum absolute atomic E-state index is 0.0887. The standard InChI is InChI=1S/C15H16BrFN2O/c1-10(18)6-12-3-4-13(8-19-12)20-9-11-2-5-15(17)14(16)7-11/h2-5,7-8,10H,6,9,18H2,1H3. The van der Waals surface area contributed by atoms with Crippen molar-refractivity contribution < 1.29 is 9.13 Å². The number of nitrogens with zero attached hydrogens (tertiary/aromatic N) is 1. The fourth-order valence-electron chi connectivity index (χ4n) is 1.74. The van der Waals surface area contributed by atoms with E-state index < -0.39 is 0 Å². The number of aromatic nitrogens is 1. The quantitative estimate of drug-likeness (QED) is 0.908. The first-order valence-electron chi connectivity index (χ1n) is 6.32. The van der Waals surface area contributed by atoms with Crippen LogP contribution in [0.3, 0.4) is 0 Å². The molecule has 0 aliphatic rings. The van der Waals surface area contributed by atoms with E-state index in [1.807, 2.05) is 19.1 Å². The molecule has 106 valence electrons. The Balaban J connectivity index is 1.95. The first kappa shape index (κ1) is 14.9. The minimum atomic E-state index is -0.282. The number of hydrogen-bond acceptors (Lipinski definition) is 3. The molecule has 1 atom stereocenters. The van der Waals surface area contributed by atoms with E-state index in [9.17, 15) is 4.39 Å². The highest BCUT2D eigenvalue weighted by atomic mass is 79.9. The van der Waals surface area contributed by atoms with Crippen LogP contribution in [0.5, 0.6) is 5.75 Å². The third-order valence-corrected chi connectivity index (χ3v) is 3.33. The summed E-state index contributed by atoms with van der Waals surface area (Å²) < 4.78 is 19.1. The highest BCUT2D eigenvalue weighted by molar-refractivity contribution is 9.10. The van der Waals surface area contributed by atoms with E-state index in [0.717, 1.165) is 17.7 Å². The SMILES string of the molecule is CC(N)Cc1ccc(OCc2ccc(F)c(Br)c2)cn1. The second kappa shape index (κ2) is 6.81. The molecule has 1 aromatic carbocycles. The molecule has 0 aliphatic heterocycles. The summed E-state index contributed by atoms with van der Waals surface area (Å²) in [6.07, 6.45) is 2.42. The predicted molar refractivity (Wildman–Crippen MR) is 80.0 cm³/mol. The van der Waals surface area contributed by atoms with Gasteiger partial charge in [-0.15, -0.1) is 0 Å². The zero-order valence-electron chi connectivity index (χ0n) is 11.1. The van der Waals surface area contributed by atoms with Crippen molar-refractivity contribution in [2.75, 3.05) is 0 Å². The van der Waals surface area contributed by atoms with Crippen LogP contribution in [0.4, 0.5) is 4.39 Å². The van der Waals surface area contributed by atoms with Gasteiger partial charge in [-0.05, 0) is 52.7 Å². The first-order chi connectivity index (χ1) is 9.54. The molecule has 0 spiro atoms. The number of benzene rings is 1. The molecule has 5 heteroatoms. The Morgan fingerprint density at radius 1 is 1.35 bits per heavy atom. The van der Waals surface area contributed by atoms with Gasteiger partial charge >= 0.3 is 0 Å². The molecule has 2 aromatic rings. The Morgan fingerprint density at radius 3 is 2.75 bits per heavy atom. The molecule has 0 aliphatic carbocycles. The molecule has 0 saturated carbocycles. The van der Waals surface area contributed by atoms with Gasteiger partial charge in [-0.25, -0.2) is 4.39 Å². The molecule has 20 heavy (non-hydrogen) atoms. The van der Waals surface area contributed by atoms with E-state index in [0.29, 0.717) is 16.8 Å².